The molecule has 0 radical (unpaired) electrons. The van der Waals surface area contributed by atoms with E-state index < -0.39 is 6.04 Å². The minimum atomic E-state index is -0.611. The van der Waals surface area contributed by atoms with E-state index in [4.69, 9.17) is 39.2 Å². The van der Waals surface area contributed by atoms with Crippen molar-refractivity contribution in [3.05, 3.63) is 78.1 Å². The zero-order chi connectivity index (χ0) is 23.9. The summed E-state index contributed by atoms with van der Waals surface area (Å²) in [6.07, 6.45) is 0.762. The van der Waals surface area contributed by atoms with E-state index >= 15 is 0 Å². The summed E-state index contributed by atoms with van der Waals surface area (Å²) in [7, 11) is 0. The van der Waals surface area contributed by atoms with Gasteiger partial charge in [0.15, 0.2) is 5.43 Å². The zero-order valence-corrected chi connectivity index (χ0v) is 21.0. The predicted molar refractivity (Wildman–Crippen MR) is 134 cm³/mol. The Morgan fingerprint density at radius 1 is 1.00 bits per heavy atom. The zero-order valence-electron chi connectivity index (χ0n) is 18.8. The van der Waals surface area contributed by atoms with Crippen molar-refractivity contribution in [2.75, 3.05) is 26.2 Å². The highest BCUT2D eigenvalue weighted by Crippen LogP contribution is 2.40. The molecular weight excluding hydrogens is 483 g/mol. The van der Waals surface area contributed by atoms with Crippen LogP contribution in [0.1, 0.15) is 53.6 Å². The average Bonchev–Trinajstić information content (AvgIpc) is 3.07. The number of amides is 1. The fourth-order valence-corrected chi connectivity index (χ4v) is 4.88. The van der Waals surface area contributed by atoms with Crippen LogP contribution in [0.25, 0.3) is 11.0 Å². The van der Waals surface area contributed by atoms with Crippen molar-refractivity contribution >= 4 is 51.7 Å². The molecule has 0 bridgehead atoms. The second-order valence-electron chi connectivity index (χ2n) is 8.23. The fourth-order valence-electron chi connectivity index (χ4n) is 4.40. The van der Waals surface area contributed by atoms with E-state index in [0.29, 0.717) is 43.7 Å². The molecule has 0 saturated carbocycles. The quantitative estimate of drug-likeness (QED) is 0.374. The molecule has 0 aliphatic carbocycles. The molecule has 3 aromatic rings. The summed E-state index contributed by atoms with van der Waals surface area (Å²) in [5.41, 5.74) is 1.89. The molecule has 5 nitrogen and oxygen atoms in total. The topological polar surface area (TPSA) is 53.8 Å². The van der Waals surface area contributed by atoms with Crippen LogP contribution in [0.2, 0.25) is 15.1 Å². The molecular formula is C25H25Cl3N2O3. The van der Waals surface area contributed by atoms with Crippen molar-refractivity contribution in [1.29, 1.82) is 0 Å². The molecule has 1 aromatic heterocycles. The summed E-state index contributed by atoms with van der Waals surface area (Å²) in [6.45, 7) is 9.24. The Kier molecular flexibility index (Phi) is 7.06. The minimum absolute atomic E-state index is 0.0770. The Balaban J connectivity index is 1.84. The van der Waals surface area contributed by atoms with Crippen molar-refractivity contribution in [3.8, 4) is 0 Å². The van der Waals surface area contributed by atoms with Gasteiger partial charge in [0.2, 0.25) is 5.76 Å². The van der Waals surface area contributed by atoms with Crippen LogP contribution in [-0.4, -0.2) is 41.9 Å². The Labute approximate surface area is 207 Å². The number of fused-ring (bicyclic) bond motifs is 2. The normalized spacial score (nSPS) is 15.7. The van der Waals surface area contributed by atoms with E-state index in [1.807, 2.05) is 6.92 Å². The van der Waals surface area contributed by atoms with Gasteiger partial charge >= 0.3 is 0 Å². The van der Waals surface area contributed by atoms with E-state index in [1.165, 1.54) is 0 Å². The van der Waals surface area contributed by atoms with Crippen molar-refractivity contribution in [1.82, 2.24) is 9.80 Å². The summed E-state index contributed by atoms with van der Waals surface area (Å²) in [6, 6.07) is 7.88. The highest BCUT2D eigenvalue weighted by molar-refractivity contribution is 6.42. The van der Waals surface area contributed by atoms with Gasteiger partial charge in [-0.15, -0.1) is 0 Å². The van der Waals surface area contributed by atoms with Gasteiger partial charge in [0.05, 0.1) is 27.0 Å². The van der Waals surface area contributed by atoms with Crippen LogP contribution < -0.4 is 5.43 Å². The van der Waals surface area contributed by atoms with E-state index in [1.54, 1.807) is 35.2 Å². The lowest BCUT2D eigenvalue weighted by atomic mass is 9.98. The number of benzene rings is 2. The Morgan fingerprint density at radius 2 is 1.73 bits per heavy atom. The maximum absolute atomic E-state index is 13.6. The lowest BCUT2D eigenvalue weighted by molar-refractivity contribution is 0.0720. The largest absolute Gasteiger partial charge is 0.450 e. The van der Waals surface area contributed by atoms with Crippen LogP contribution in [0.5, 0.6) is 0 Å². The van der Waals surface area contributed by atoms with Gasteiger partial charge in [-0.3, -0.25) is 9.59 Å². The Bertz CT molecular complexity index is 1280. The fraction of sp³-hybridized carbons (Fsp3) is 0.360. The molecule has 33 heavy (non-hydrogen) atoms. The predicted octanol–water partition coefficient (Wildman–Crippen LogP) is 6.34. The van der Waals surface area contributed by atoms with Crippen LogP contribution in [-0.2, 0) is 0 Å². The lowest BCUT2D eigenvalue weighted by Gasteiger charge is -2.27. The van der Waals surface area contributed by atoms with E-state index in [0.717, 1.165) is 31.6 Å². The molecule has 174 valence electrons. The molecule has 1 atom stereocenters. The van der Waals surface area contributed by atoms with Gasteiger partial charge in [0.25, 0.3) is 5.91 Å². The first kappa shape index (κ1) is 24.1. The first-order valence-corrected chi connectivity index (χ1v) is 12.1. The molecule has 4 rings (SSSR count). The van der Waals surface area contributed by atoms with Crippen molar-refractivity contribution < 1.29 is 9.21 Å². The molecule has 0 N–H and O–H groups in total. The van der Waals surface area contributed by atoms with Gasteiger partial charge in [0.1, 0.15) is 5.58 Å². The van der Waals surface area contributed by atoms with Gasteiger partial charge in [-0.05, 0) is 68.4 Å². The molecule has 1 aliphatic heterocycles. The molecule has 0 saturated heterocycles. The lowest BCUT2D eigenvalue weighted by Crippen LogP contribution is -2.33. The van der Waals surface area contributed by atoms with E-state index in [9.17, 15) is 9.59 Å². The number of halogens is 3. The second kappa shape index (κ2) is 9.67. The molecule has 2 heterocycles. The highest BCUT2D eigenvalue weighted by atomic mass is 35.5. The maximum Gasteiger partial charge on any atom is 0.290 e. The summed E-state index contributed by atoms with van der Waals surface area (Å²) in [5.74, 6) is -0.222. The third-order valence-electron chi connectivity index (χ3n) is 6.27. The number of carbonyl (C=O) groups is 1. The van der Waals surface area contributed by atoms with Crippen LogP contribution in [0.15, 0.2) is 39.5 Å². The van der Waals surface area contributed by atoms with Gasteiger partial charge in [-0.1, -0.05) is 54.7 Å². The smallest absolute Gasteiger partial charge is 0.290 e. The summed E-state index contributed by atoms with van der Waals surface area (Å²) in [5, 5.41) is 1.60. The number of hydrogen-bond donors (Lipinski definition) is 0. The minimum Gasteiger partial charge on any atom is -0.450 e. The monoisotopic (exact) mass is 506 g/mol. The first-order chi connectivity index (χ1) is 15.8. The van der Waals surface area contributed by atoms with Gasteiger partial charge < -0.3 is 14.2 Å². The number of hydrogen-bond acceptors (Lipinski definition) is 4. The standard InChI is InChI=1S/C25H25Cl3N2O3/c1-4-29(5-2)9-6-10-30-22(15-7-8-17(26)19(28)12-15)21-23(31)16-13-18(27)14(3)11-20(16)33-24(21)25(30)32/h7-8,11-13,22H,4-6,9-10H2,1-3H3. The Morgan fingerprint density at radius 3 is 2.39 bits per heavy atom. The summed E-state index contributed by atoms with van der Waals surface area (Å²) >= 11 is 18.7. The van der Waals surface area contributed by atoms with Gasteiger partial charge in [-0.2, -0.15) is 0 Å². The van der Waals surface area contributed by atoms with Crippen molar-refractivity contribution in [2.45, 2.75) is 33.2 Å². The second-order valence-corrected chi connectivity index (χ2v) is 9.45. The third kappa shape index (κ3) is 4.40. The molecule has 1 unspecified atom stereocenters. The first-order valence-electron chi connectivity index (χ1n) is 11.0. The van der Waals surface area contributed by atoms with Crippen molar-refractivity contribution in [2.24, 2.45) is 0 Å². The Hall–Kier alpha value is -2.05. The van der Waals surface area contributed by atoms with Crippen LogP contribution in [0, 0.1) is 6.92 Å². The van der Waals surface area contributed by atoms with Gasteiger partial charge in [0, 0.05) is 11.6 Å². The van der Waals surface area contributed by atoms with Gasteiger partial charge in [-0.25, -0.2) is 0 Å². The van der Waals surface area contributed by atoms with Crippen LogP contribution in [0.4, 0.5) is 0 Å². The molecule has 8 heteroatoms. The van der Waals surface area contributed by atoms with Crippen LogP contribution >= 0.6 is 34.8 Å². The number of rotatable bonds is 7. The molecule has 2 aromatic carbocycles. The molecule has 0 fully saturated rings. The average molecular weight is 508 g/mol. The summed E-state index contributed by atoms with van der Waals surface area (Å²) < 4.78 is 6.02. The highest BCUT2D eigenvalue weighted by Gasteiger charge is 2.42. The maximum atomic E-state index is 13.6. The molecule has 1 amide bonds. The SMILES string of the molecule is CCN(CC)CCCN1C(=O)c2oc3cc(C)c(Cl)cc3c(=O)c2C1c1ccc(Cl)c(Cl)c1. The van der Waals surface area contributed by atoms with E-state index in [2.05, 4.69) is 18.7 Å². The summed E-state index contributed by atoms with van der Waals surface area (Å²) in [4.78, 5) is 31.1. The number of aryl methyl sites for hydroxylation is 1. The number of carbonyl (C=O) groups excluding carboxylic acids is 1. The van der Waals surface area contributed by atoms with Crippen molar-refractivity contribution in [3.63, 3.8) is 0 Å². The number of nitrogens with zero attached hydrogens (tertiary/aromatic N) is 2. The third-order valence-corrected chi connectivity index (χ3v) is 7.42. The van der Waals surface area contributed by atoms with Crippen LogP contribution in [0.3, 0.4) is 0 Å². The molecule has 1 aliphatic rings. The molecule has 0 spiro atoms. The van der Waals surface area contributed by atoms with E-state index in [-0.39, 0.29) is 17.1 Å².